The second kappa shape index (κ2) is 10.9. The lowest BCUT2D eigenvalue weighted by Gasteiger charge is -2.13. The van der Waals surface area contributed by atoms with Crippen LogP contribution in [0.5, 0.6) is 0 Å². The van der Waals surface area contributed by atoms with Crippen molar-refractivity contribution >= 4 is 11.9 Å². The monoisotopic (exact) mass is 368 g/mol. The van der Waals surface area contributed by atoms with Crippen molar-refractivity contribution in [1.29, 1.82) is 0 Å². The molecular formula is C21H28N4O2. The van der Waals surface area contributed by atoms with Crippen LogP contribution in [0.15, 0.2) is 64.2 Å². The van der Waals surface area contributed by atoms with Gasteiger partial charge in [0.2, 0.25) is 0 Å². The summed E-state index contributed by atoms with van der Waals surface area (Å²) >= 11 is 0. The summed E-state index contributed by atoms with van der Waals surface area (Å²) < 4.78 is 5.35. The predicted octanol–water partition coefficient (Wildman–Crippen LogP) is 2.54. The van der Waals surface area contributed by atoms with E-state index >= 15 is 0 Å². The van der Waals surface area contributed by atoms with Gasteiger partial charge >= 0.3 is 0 Å². The first-order chi connectivity index (χ1) is 13.1. The Morgan fingerprint density at radius 1 is 1.15 bits per heavy atom. The minimum atomic E-state index is -0.0758. The molecular weight excluding hydrogens is 340 g/mol. The van der Waals surface area contributed by atoms with Crippen molar-refractivity contribution in [2.24, 2.45) is 4.99 Å². The van der Waals surface area contributed by atoms with Gasteiger partial charge in [-0.25, -0.2) is 4.99 Å². The normalized spacial score (nSPS) is 11.1. The third-order valence-corrected chi connectivity index (χ3v) is 3.87. The number of nitrogens with zero attached hydrogens (tertiary/aromatic N) is 1. The Labute approximate surface area is 160 Å². The third-order valence-electron chi connectivity index (χ3n) is 3.87. The highest BCUT2D eigenvalue weighted by Gasteiger charge is 2.04. The van der Waals surface area contributed by atoms with Crippen LogP contribution in [0, 0.1) is 0 Å². The molecule has 0 aliphatic heterocycles. The van der Waals surface area contributed by atoms with E-state index in [-0.39, 0.29) is 5.91 Å². The number of furan rings is 1. The molecule has 0 radical (unpaired) electrons. The highest BCUT2D eigenvalue weighted by molar-refractivity contribution is 5.94. The van der Waals surface area contributed by atoms with Gasteiger partial charge in [0.1, 0.15) is 5.76 Å². The number of carbonyl (C=O) groups excluding carboxylic acids is 1. The molecule has 1 amide bonds. The van der Waals surface area contributed by atoms with E-state index in [1.807, 2.05) is 43.3 Å². The molecule has 0 unspecified atom stereocenters. The Balaban J connectivity index is 1.86. The van der Waals surface area contributed by atoms with Crippen molar-refractivity contribution in [1.82, 2.24) is 16.0 Å². The Hall–Kier alpha value is -3.02. The summed E-state index contributed by atoms with van der Waals surface area (Å²) in [5.74, 6) is 1.60. The van der Waals surface area contributed by atoms with Crippen LogP contribution in [-0.2, 0) is 12.8 Å². The van der Waals surface area contributed by atoms with Gasteiger partial charge in [-0.15, -0.1) is 0 Å². The molecule has 0 saturated carbocycles. The van der Waals surface area contributed by atoms with E-state index in [1.54, 1.807) is 13.3 Å². The van der Waals surface area contributed by atoms with Crippen molar-refractivity contribution in [2.75, 3.05) is 26.7 Å². The number of rotatable bonds is 9. The van der Waals surface area contributed by atoms with Crippen molar-refractivity contribution in [3.8, 4) is 0 Å². The molecule has 144 valence electrons. The van der Waals surface area contributed by atoms with Gasteiger partial charge in [0.05, 0.1) is 12.8 Å². The Kier molecular flexibility index (Phi) is 8.16. The van der Waals surface area contributed by atoms with Gasteiger partial charge in [-0.1, -0.05) is 24.3 Å². The SMILES string of the molecule is C=C(C)CN=C(NCCc1cccc(C(=O)NC)c1)NCCc1ccco1. The third kappa shape index (κ3) is 7.40. The number of nitrogens with one attached hydrogen (secondary N) is 3. The standard InChI is InChI=1S/C21H28N4O2/c1-16(2)15-25-21(24-12-10-19-8-5-13-27-19)23-11-9-17-6-4-7-18(14-17)20(26)22-3/h4-8,13-14H,1,9-12,15H2,2-3H3,(H,22,26)(H2,23,24,25). The molecule has 6 heteroatoms. The summed E-state index contributed by atoms with van der Waals surface area (Å²) in [4.78, 5) is 16.3. The van der Waals surface area contributed by atoms with Gasteiger partial charge in [0, 0.05) is 32.1 Å². The average molecular weight is 368 g/mol. The number of benzene rings is 1. The van der Waals surface area contributed by atoms with Gasteiger partial charge in [0.25, 0.3) is 5.91 Å². The Bertz CT molecular complexity index is 766. The quantitative estimate of drug-likeness (QED) is 0.361. The van der Waals surface area contributed by atoms with Gasteiger partial charge in [-0.3, -0.25) is 4.79 Å². The van der Waals surface area contributed by atoms with E-state index in [0.29, 0.717) is 18.7 Å². The van der Waals surface area contributed by atoms with Crippen LogP contribution in [0.25, 0.3) is 0 Å². The lowest BCUT2D eigenvalue weighted by atomic mass is 10.1. The van der Waals surface area contributed by atoms with Gasteiger partial charge in [-0.2, -0.15) is 0 Å². The van der Waals surface area contributed by atoms with Crippen LogP contribution in [0.3, 0.4) is 0 Å². The molecule has 1 aromatic carbocycles. The van der Waals surface area contributed by atoms with Crippen LogP contribution in [0.2, 0.25) is 0 Å². The first-order valence-electron chi connectivity index (χ1n) is 9.08. The average Bonchev–Trinajstić information content (AvgIpc) is 3.18. The van der Waals surface area contributed by atoms with Crippen LogP contribution >= 0.6 is 0 Å². The van der Waals surface area contributed by atoms with Crippen molar-refractivity contribution in [3.05, 3.63) is 71.7 Å². The first-order valence-corrected chi connectivity index (χ1v) is 9.08. The van der Waals surface area contributed by atoms with Crippen LogP contribution in [-0.4, -0.2) is 38.5 Å². The maximum absolute atomic E-state index is 11.7. The summed E-state index contributed by atoms with van der Waals surface area (Å²) in [5.41, 5.74) is 2.77. The predicted molar refractivity (Wildman–Crippen MR) is 109 cm³/mol. The summed E-state index contributed by atoms with van der Waals surface area (Å²) in [7, 11) is 1.63. The van der Waals surface area contributed by atoms with Crippen LogP contribution < -0.4 is 16.0 Å². The minimum Gasteiger partial charge on any atom is -0.469 e. The first kappa shape index (κ1) is 20.3. The lowest BCUT2D eigenvalue weighted by molar-refractivity contribution is 0.0963. The van der Waals surface area contributed by atoms with E-state index in [1.165, 1.54) is 0 Å². The topological polar surface area (TPSA) is 78.7 Å². The number of hydrogen-bond donors (Lipinski definition) is 3. The molecule has 0 fully saturated rings. The Morgan fingerprint density at radius 3 is 2.59 bits per heavy atom. The van der Waals surface area contributed by atoms with E-state index in [9.17, 15) is 4.79 Å². The highest BCUT2D eigenvalue weighted by atomic mass is 16.3. The van der Waals surface area contributed by atoms with Gasteiger partial charge in [-0.05, 0) is 43.2 Å². The molecule has 0 spiro atoms. The summed E-state index contributed by atoms with van der Waals surface area (Å²) in [6.45, 7) is 7.85. The molecule has 0 atom stereocenters. The smallest absolute Gasteiger partial charge is 0.251 e. The summed E-state index contributed by atoms with van der Waals surface area (Å²) in [6, 6.07) is 11.5. The highest BCUT2D eigenvalue weighted by Crippen LogP contribution is 2.06. The van der Waals surface area contributed by atoms with Crippen molar-refractivity contribution in [3.63, 3.8) is 0 Å². The fourth-order valence-electron chi connectivity index (χ4n) is 2.48. The molecule has 1 heterocycles. The van der Waals surface area contributed by atoms with Gasteiger partial charge < -0.3 is 20.4 Å². The molecule has 0 bridgehead atoms. The number of hydrogen-bond acceptors (Lipinski definition) is 3. The molecule has 0 aliphatic rings. The van der Waals surface area contributed by atoms with Crippen molar-refractivity contribution in [2.45, 2.75) is 19.8 Å². The van der Waals surface area contributed by atoms with Crippen LogP contribution in [0.1, 0.15) is 28.6 Å². The minimum absolute atomic E-state index is 0.0758. The zero-order chi connectivity index (χ0) is 19.5. The second-order valence-corrected chi connectivity index (χ2v) is 6.33. The lowest BCUT2D eigenvalue weighted by Crippen LogP contribution is -2.39. The number of aliphatic imine (C=N–C) groups is 1. The summed E-state index contributed by atoms with van der Waals surface area (Å²) in [5, 5.41) is 9.29. The second-order valence-electron chi connectivity index (χ2n) is 6.33. The zero-order valence-corrected chi connectivity index (χ0v) is 16.0. The number of guanidine groups is 1. The number of amides is 1. The molecule has 6 nitrogen and oxygen atoms in total. The zero-order valence-electron chi connectivity index (χ0n) is 16.0. The fraction of sp³-hybridized carbons (Fsp3) is 0.333. The van der Waals surface area contributed by atoms with E-state index < -0.39 is 0 Å². The van der Waals surface area contributed by atoms with E-state index in [0.717, 1.165) is 42.2 Å². The molecule has 0 aliphatic carbocycles. The van der Waals surface area contributed by atoms with Gasteiger partial charge in [0.15, 0.2) is 5.96 Å². The molecule has 27 heavy (non-hydrogen) atoms. The Morgan fingerprint density at radius 2 is 1.93 bits per heavy atom. The number of carbonyl (C=O) groups is 1. The van der Waals surface area contributed by atoms with E-state index in [4.69, 9.17) is 4.42 Å². The van der Waals surface area contributed by atoms with Crippen LogP contribution in [0.4, 0.5) is 0 Å². The van der Waals surface area contributed by atoms with Crippen molar-refractivity contribution < 1.29 is 9.21 Å². The summed E-state index contributed by atoms with van der Waals surface area (Å²) in [6.07, 6.45) is 3.25. The fourth-order valence-corrected chi connectivity index (χ4v) is 2.48. The molecule has 1 aromatic heterocycles. The molecule has 3 N–H and O–H groups in total. The molecule has 2 aromatic rings. The maximum atomic E-state index is 11.7. The molecule has 0 saturated heterocycles. The molecule has 2 rings (SSSR count). The largest absolute Gasteiger partial charge is 0.469 e. The maximum Gasteiger partial charge on any atom is 0.251 e. The van der Waals surface area contributed by atoms with E-state index in [2.05, 4.69) is 27.5 Å².